The second-order valence-electron chi connectivity index (χ2n) is 9.48. The maximum Gasteiger partial charge on any atom is 0.150 e. The number of halogens is 1. The van der Waals surface area contributed by atoms with Gasteiger partial charge in [-0.1, -0.05) is 60.1 Å². The zero-order valence-electron chi connectivity index (χ0n) is 20.5. The molecule has 1 saturated heterocycles. The third-order valence-electron chi connectivity index (χ3n) is 6.99. The van der Waals surface area contributed by atoms with Gasteiger partial charge in [0.25, 0.3) is 0 Å². The minimum atomic E-state index is 0.348. The van der Waals surface area contributed by atoms with E-state index in [-0.39, 0.29) is 0 Å². The quantitative estimate of drug-likeness (QED) is 0.277. The van der Waals surface area contributed by atoms with E-state index >= 15 is 0 Å². The van der Waals surface area contributed by atoms with E-state index in [1.807, 2.05) is 24.3 Å². The maximum atomic E-state index is 6.35. The molecule has 5 nitrogen and oxygen atoms in total. The molecular weight excluding hydrogens is 466 g/mol. The van der Waals surface area contributed by atoms with E-state index in [1.54, 1.807) is 6.33 Å². The zero-order valence-corrected chi connectivity index (χ0v) is 21.2. The molecule has 1 unspecified atom stereocenters. The van der Waals surface area contributed by atoms with E-state index < -0.39 is 0 Å². The summed E-state index contributed by atoms with van der Waals surface area (Å²) in [5, 5.41) is 1.77. The molecule has 1 aliphatic heterocycles. The largest absolute Gasteiger partial charge is 0.365 e. The fourth-order valence-corrected chi connectivity index (χ4v) is 5.47. The highest BCUT2D eigenvalue weighted by Crippen LogP contribution is 2.38. The fourth-order valence-electron chi connectivity index (χ4n) is 5.29. The summed E-state index contributed by atoms with van der Waals surface area (Å²) in [6.07, 6.45) is 3.85. The molecule has 36 heavy (non-hydrogen) atoms. The predicted molar refractivity (Wildman–Crippen MR) is 150 cm³/mol. The lowest BCUT2D eigenvalue weighted by Crippen LogP contribution is -2.52. The summed E-state index contributed by atoms with van der Waals surface area (Å²) in [7, 11) is 0. The standard InChI is InChI=1S/C30H28ClN5/c1-21-8-6-12-25(16-21)35-15-14-34(18-22(35)2)29-28-27(23-9-4-3-5-10-23)19-36(30(28)33-20-32-29)26-13-7-11-24(31)17-26/h3-13,16-17,19-20,22H,14-15,18H2,1-2H3. The molecule has 0 N–H and O–H groups in total. The Morgan fingerprint density at radius 2 is 1.67 bits per heavy atom. The molecule has 0 spiro atoms. The molecule has 0 aliphatic carbocycles. The molecular formula is C30H28ClN5. The van der Waals surface area contributed by atoms with Crippen LogP contribution in [0.2, 0.25) is 5.02 Å². The monoisotopic (exact) mass is 493 g/mol. The predicted octanol–water partition coefficient (Wildman–Crippen LogP) is 6.76. The molecule has 0 amide bonds. The molecule has 5 aromatic rings. The van der Waals surface area contributed by atoms with E-state index in [0.29, 0.717) is 11.1 Å². The molecule has 1 atom stereocenters. The molecule has 3 aromatic carbocycles. The van der Waals surface area contributed by atoms with Crippen molar-refractivity contribution in [1.82, 2.24) is 14.5 Å². The van der Waals surface area contributed by atoms with Gasteiger partial charge in [-0.25, -0.2) is 9.97 Å². The minimum absolute atomic E-state index is 0.348. The summed E-state index contributed by atoms with van der Waals surface area (Å²) < 4.78 is 2.13. The summed E-state index contributed by atoms with van der Waals surface area (Å²) >= 11 is 6.35. The maximum absolute atomic E-state index is 6.35. The Balaban J connectivity index is 1.45. The van der Waals surface area contributed by atoms with Crippen LogP contribution in [0.1, 0.15) is 12.5 Å². The fraction of sp³-hybridized carbons (Fsp3) is 0.200. The highest BCUT2D eigenvalue weighted by molar-refractivity contribution is 6.30. The molecule has 1 fully saturated rings. The number of nitrogens with zero attached hydrogens (tertiary/aromatic N) is 5. The Morgan fingerprint density at radius 1 is 0.861 bits per heavy atom. The van der Waals surface area contributed by atoms with Crippen molar-refractivity contribution in [2.75, 3.05) is 29.4 Å². The SMILES string of the molecule is Cc1cccc(N2CCN(c3ncnc4c3c(-c3ccccc3)cn4-c3cccc(Cl)c3)CC2C)c1. The van der Waals surface area contributed by atoms with Crippen molar-refractivity contribution in [3.8, 4) is 16.8 Å². The second-order valence-corrected chi connectivity index (χ2v) is 9.92. The van der Waals surface area contributed by atoms with Gasteiger partial charge < -0.3 is 14.4 Å². The van der Waals surface area contributed by atoms with E-state index in [2.05, 4.69) is 89.0 Å². The summed E-state index contributed by atoms with van der Waals surface area (Å²) in [4.78, 5) is 14.5. The van der Waals surface area contributed by atoms with Gasteiger partial charge in [0.1, 0.15) is 12.1 Å². The Morgan fingerprint density at radius 3 is 2.44 bits per heavy atom. The van der Waals surface area contributed by atoms with Crippen molar-refractivity contribution >= 4 is 34.1 Å². The number of piperazine rings is 1. The van der Waals surface area contributed by atoms with Gasteiger partial charge in [0.15, 0.2) is 5.65 Å². The summed E-state index contributed by atoms with van der Waals surface area (Å²) in [5.41, 5.74) is 6.70. The number of anilines is 2. The van der Waals surface area contributed by atoms with Gasteiger partial charge in [-0.2, -0.15) is 0 Å². The Bertz CT molecular complexity index is 1530. The van der Waals surface area contributed by atoms with Crippen LogP contribution in [-0.4, -0.2) is 40.2 Å². The van der Waals surface area contributed by atoms with Gasteiger partial charge in [-0.05, 0) is 55.3 Å². The lowest BCUT2D eigenvalue weighted by molar-refractivity contribution is 0.548. The Kier molecular flexibility index (Phi) is 5.86. The smallest absolute Gasteiger partial charge is 0.150 e. The van der Waals surface area contributed by atoms with Crippen LogP contribution in [0.4, 0.5) is 11.5 Å². The van der Waals surface area contributed by atoms with Crippen molar-refractivity contribution in [2.24, 2.45) is 0 Å². The van der Waals surface area contributed by atoms with Gasteiger partial charge in [-0.3, -0.25) is 0 Å². The van der Waals surface area contributed by atoms with Crippen LogP contribution in [0, 0.1) is 6.92 Å². The summed E-state index contributed by atoms with van der Waals surface area (Å²) in [6.45, 7) is 7.16. The van der Waals surface area contributed by atoms with Crippen LogP contribution in [-0.2, 0) is 0 Å². The molecule has 2 aromatic heterocycles. The number of fused-ring (bicyclic) bond motifs is 1. The van der Waals surface area contributed by atoms with Crippen molar-refractivity contribution < 1.29 is 0 Å². The first-order valence-corrected chi connectivity index (χ1v) is 12.7. The number of aryl methyl sites for hydroxylation is 1. The lowest BCUT2D eigenvalue weighted by Gasteiger charge is -2.42. The number of rotatable bonds is 4. The van der Waals surface area contributed by atoms with Crippen molar-refractivity contribution in [3.63, 3.8) is 0 Å². The van der Waals surface area contributed by atoms with E-state index in [4.69, 9.17) is 21.6 Å². The topological polar surface area (TPSA) is 37.2 Å². The minimum Gasteiger partial charge on any atom is -0.365 e. The summed E-state index contributed by atoms with van der Waals surface area (Å²) in [6, 6.07) is 27.5. The van der Waals surface area contributed by atoms with Crippen molar-refractivity contribution in [3.05, 3.63) is 102 Å². The Hall–Kier alpha value is -3.83. The average Bonchev–Trinajstić information content (AvgIpc) is 3.29. The third kappa shape index (κ3) is 4.10. The van der Waals surface area contributed by atoms with Gasteiger partial charge in [0.2, 0.25) is 0 Å². The second kappa shape index (κ2) is 9.32. The third-order valence-corrected chi connectivity index (χ3v) is 7.23. The van der Waals surface area contributed by atoms with E-state index in [9.17, 15) is 0 Å². The van der Waals surface area contributed by atoms with Gasteiger partial charge in [0, 0.05) is 53.8 Å². The number of aromatic nitrogens is 3. The van der Waals surface area contributed by atoms with Gasteiger partial charge in [0.05, 0.1) is 5.39 Å². The highest BCUT2D eigenvalue weighted by Gasteiger charge is 2.28. The van der Waals surface area contributed by atoms with Crippen LogP contribution in [0.15, 0.2) is 91.4 Å². The molecule has 6 heteroatoms. The molecule has 0 bridgehead atoms. The number of hydrogen-bond donors (Lipinski definition) is 0. The van der Waals surface area contributed by atoms with Crippen molar-refractivity contribution in [2.45, 2.75) is 19.9 Å². The molecule has 3 heterocycles. The van der Waals surface area contributed by atoms with Crippen molar-refractivity contribution in [1.29, 1.82) is 0 Å². The van der Waals surface area contributed by atoms with E-state index in [0.717, 1.165) is 53.3 Å². The summed E-state index contributed by atoms with van der Waals surface area (Å²) in [5.74, 6) is 0.982. The van der Waals surface area contributed by atoms with Gasteiger partial charge >= 0.3 is 0 Å². The first kappa shape index (κ1) is 22.6. The van der Waals surface area contributed by atoms with Crippen LogP contribution in [0.25, 0.3) is 27.8 Å². The van der Waals surface area contributed by atoms with E-state index in [1.165, 1.54) is 11.3 Å². The Labute approximate surface area is 216 Å². The van der Waals surface area contributed by atoms with Crippen LogP contribution >= 0.6 is 11.6 Å². The first-order valence-electron chi connectivity index (χ1n) is 12.3. The number of benzene rings is 3. The molecule has 0 saturated carbocycles. The highest BCUT2D eigenvalue weighted by atomic mass is 35.5. The molecule has 180 valence electrons. The molecule has 6 rings (SSSR count). The van der Waals surface area contributed by atoms with Gasteiger partial charge in [-0.15, -0.1) is 0 Å². The van der Waals surface area contributed by atoms with Crippen LogP contribution in [0.3, 0.4) is 0 Å². The normalized spacial score (nSPS) is 16.0. The van der Waals surface area contributed by atoms with Crippen LogP contribution in [0.5, 0.6) is 0 Å². The zero-order chi connectivity index (χ0) is 24.6. The molecule has 1 aliphatic rings. The first-order chi connectivity index (χ1) is 17.6. The average molecular weight is 494 g/mol. The number of hydrogen-bond acceptors (Lipinski definition) is 4. The lowest BCUT2D eigenvalue weighted by atomic mass is 10.1. The molecule has 0 radical (unpaired) electrons. The van der Waals surface area contributed by atoms with Crippen LogP contribution < -0.4 is 9.80 Å².